The van der Waals surface area contributed by atoms with Crippen molar-refractivity contribution in [2.45, 2.75) is 37.6 Å². The Morgan fingerprint density at radius 1 is 1.37 bits per heavy atom. The third kappa shape index (κ3) is 3.33. The Balaban J connectivity index is 2.07. The van der Waals surface area contributed by atoms with Gasteiger partial charge < -0.3 is 5.32 Å². The number of hydrogen-bond acceptors (Lipinski definition) is 3. The molecule has 1 saturated heterocycles. The fraction of sp³-hybridized carbons (Fsp3) is 0.462. The van der Waals surface area contributed by atoms with Gasteiger partial charge in [0.15, 0.2) is 0 Å². The van der Waals surface area contributed by atoms with Gasteiger partial charge in [-0.25, -0.2) is 13.1 Å². The van der Waals surface area contributed by atoms with Gasteiger partial charge >= 0.3 is 0 Å². The molecule has 1 aromatic carbocycles. The monoisotopic (exact) mass is 282 g/mol. The number of amides is 1. The molecule has 0 radical (unpaired) electrons. The molecule has 1 aromatic rings. The van der Waals surface area contributed by atoms with Crippen molar-refractivity contribution >= 4 is 15.9 Å². The zero-order chi connectivity index (χ0) is 14.0. The molecule has 0 bridgehead atoms. The van der Waals surface area contributed by atoms with E-state index in [1.54, 1.807) is 19.1 Å². The van der Waals surface area contributed by atoms with Crippen LogP contribution in [0.4, 0.5) is 0 Å². The van der Waals surface area contributed by atoms with Crippen LogP contribution in [0.15, 0.2) is 23.1 Å². The first-order valence-corrected chi connectivity index (χ1v) is 7.73. The largest absolute Gasteiger partial charge is 0.352 e. The summed E-state index contributed by atoms with van der Waals surface area (Å²) in [5.74, 6) is -0.0179. The van der Waals surface area contributed by atoms with Crippen LogP contribution in [-0.4, -0.2) is 26.9 Å². The minimum Gasteiger partial charge on any atom is -0.352 e. The summed E-state index contributed by atoms with van der Waals surface area (Å²) in [6.45, 7) is 3.94. The highest BCUT2D eigenvalue weighted by molar-refractivity contribution is 7.89. The molecule has 2 rings (SSSR count). The predicted molar refractivity (Wildman–Crippen MR) is 72.3 cm³/mol. The number of rotatable bonds is 4. The molecule has 0 spiro atoms. The number of hydrogen-bond donors (Lipinski definition) is 2. The second-order valence-electron chi connectivity index (χ2n) is 4.92. The molecule has 1 heterocycles. The number of benzene rings is 1. The lowest BCUT2D eigenvalue weighted by molar-refractivity contribution is -0.119. The molecule has 5 nitrogen and oxygen atoms in total. The van der Waals surface area contributed by atoms with Crippen molar-refractivity contribution in [2.24, 2.45) is 0 Å². The van der Waals surface area contributed by atoms with E-state index in [0.717, 1.165) is 11.1 Å². The van der Waals surface area contributed by atoms with Gasteiger partial charge in [0.25, 0.3) is 0 Å². The van der Waals surface area contributed by atoms with Crippen LogP contribution in [0, 0.1) is 13.8 Å². The number of carbonyl (C=O) groups is 1. The topological polar surface area (TPSA) is 75.3 Å². The fourth-order valence-electron chi connectivity index (χ4n) is 2.22. The lowest BCUT2D eigenvalue weighted by Crippen LogP contribution is -2.38. The Bertz CT molecular complexity index is 596. The summed E-state index contributed by atoms with van der Waals surface area (Å²) in [6.07, 6.45) is 1.14. The van der Waals surface area contributed by atoms with Crippen molar-refractivity contribution < 1.29 is 13.2 Å². The first kappa shape index (κ1) is 14.0. The van der Waals surface area contributed by atoms with Gasteiger partial charge in [0.2, 0.25) is 15.9 Å². The van der Waals surface area contributed by atoms with Crippen LogP contribution < -0.4 is 10.0 Å². The van der Waals surface area contributed by atoms with Gasteiger partial charge in [-0.3, -0.25) is 4.79 Å². The first-order valence-electron chi connectivity index (χ1n) is 6.25. The highest BCUT2D eigenvalue weighted by Gasteiger charge is 2.23. The number of sulfonamides is 1. The van der Waals surface area contributed by atoms with Crippen molar-refractivity contribution in [1.29, 1.82) is 0 Å². The molecule has 0 saturated carbocycles. The number of nitrogens with one attached hydrogen (secondary N) is 2. The zero-order valence-corrected chi connectivity index (χ0v) is 11.9. The SMILES string of the molecule is Cc1ccc(S(=O)(=O)NCC2CCC(=O)N2)c(C)c1. The summed E-state index contributed by atoms with van der Waals surface area (Å²) in [6, 6.07) is 5.12. The highest BCUT2D eigenvalue weighted by Crippen LogP contribution is 2.16. The van der Waals surface area contributed by atoms with Crippen LogP contribution in [0.1, 0.15) is 24.0 Å². The second-order valence-corrected chi connectivity index (χ2v) is 6.66. The molecular formula is C13H18N2O3S. The maximum absolute atomic E-state index is 12.2. The van der Waals surface area contributed by atoms with Crippen molar-refractivity contribution in [3.63, 3.8) is 0 Å². The van der Waals surface area contributed by atoms with E-state index in [9.17, 15) is 13.2 Å². The summed E-state index contributed by atoms with van der Waals surface area (Å²) in [7, 11) is -3.51. The van der Waals surface area contributed by atoms with Crippen molar-refractivity contribution in [2.75, 3.05) is 6.54 Å². The van der Waals surface area contributed by atoms with E-state index in [4.69, 9.17) is 0 Å². The van der Waals surface area contributed by atoms with Crippen LogP contribution >= 0.6 is 0 Å². The zero-order valence-electron chi connectivity index (χ0n) is 11.1. The van der Waals surface area contributed by atoms with E-state index in [2.05, 4.69) is 10.0 Å². The molecule has 1 aliphatic heterocycles. The normalized spacial score (nSPS) is 19.5. The van der Waals surface area contributed by atoms with Gasteiger partial charge in [-0.1, -0.05) is 17.7 Å². The summed E-state index contributed by atoms with van der Waals surface area (Å²) in [4.78, 5) is 11.3. The Morgan fingerprint density at radius 3 is 2.68 bits per heavy atom. The third-order valence-electron chi connectivity index (χ3n) is 3.22. The Labute approximate surface area is 113 Å². The Hall–Kier alpha value is -1.40. The lowest BCUT2D eigenvalue weighted by atomic mass is 10.2. The van der Waals surface area contributed by atoms with E-state index in [-0.39, 0.29) is 18.5 Å². The minimum absolute atomic E-state index is 0.0179. The fourth-order valence-corrected chi connectivity index (χ4v) is 3.53. The van der Waals surface area contributed by atoms with Gasteiger partial charge in [-0.2, -0.15) is 0 Å². The molecule has 1 aliphatic rings. The van der Waals surface area contributed by atoms with Gasteiger partial charge in [-0.15, -0.1) is 0 Å². The Morgan fingerprint density at radius 2 is 2.11 bits per heavy atom. The van der Waals surface area contributed by atoms with Gasteiger partial charge in [-0.05, 0) is 31.9 Å². The van der Waals surface area contributed by atoms with E-state index in [1.165, 1.54) is 0 Å². The summed E-state index contributed by atoms with van der Waals surface area (Å²) < 4.78 is 26.9. The molecule has 104 valence electrons. The van der Waals surface area contributed by atoms with Crippen LogP contribution in [-0.2, 0) is 14.8 Å². The third-order valence-corrected chi connectivity index (χ3v) is 4.81. The summed E-state index contributed by atoms with van der Waals surface area (Å²) in [5, 5.41) is 2.74. The predicted octanol–water partition coefficient (Wildman–Crippen LogP) is 0.860. The molecule has 19 heavy (non-hydrogen) atoms. The van der Waals surface area contributed by atoms with E-state index < -0.39 is 10.0 Å². The van der Waals surface area contributed by atoms with E-state index in [1.807, 2.05) is 13.0 Å². The molecule has 1 fully saturated rings. The average molecular weight is 282 g/mol. The summed E-state index contributed by atoms with van der Waals surface area (Å²) in [5.41, 5.74) is 1.75. The number of carbonyl (C=O) groups excluding carboxylic acids is 1. The molecular weight excluding hydrogens is 264 g/mol. The van der Waals surface area contributed by atoms with Crippen molar-refractivity contribution in [1.82, 2.24) is 10.0 Å². The molecule has 2 N–H and O–H groups in total. The number of aryl methyl sites for hydroxylation is 2. The lowest BCUT2D eigenvalue weighted by Gasteiger charge is -2.13. The molecule has 1 atom stereocenters. The van der Waals surface area contributed by atoms with Crippen LogP contribution in [0.5, 0.6) is 0 Å². The molecule has 6 heteroatoms. The van der Waals surface area contributed by atoms with Crippen LogP contribution in [0.25, 0.3) is 0 Å². The smallest absolute Gasteiger partial charge is 0.240 e. The first-order chi connectivity index (χ1) is 8.88. The maximum atomic E-state index is 12.2. The minimum atomic E-state index is -3.51. The maximum Gasteiger partial charge on any atom is 0.240 e. The van der Waals surface area contributed by atoms with Crippen LogP contribution in [0.2, 0.25) is 0 Å². The highest BCUT2D eigenvalue weighted by atomic mass is 32.2. The quantitative estimate of drug-likeness (QED) is 0.860. The van der Waals surface area contributed by atoms with Crippen LogP contribution in [0.3, 0.4) is 0 Å². The van der Waals surface area contributed by atoms with Gasteiger partial charge in [0.05, 0.1) is 4.90 Å². The molecule has 0 aliphatic carbocycles. The summed E-state index contributed by atoms with van der Waals surface area (Å²) >= 11 is 0. The second kappa shape index (κ2) is 5.30. The van der Waals surface area contributed by atoms with Crippen molar-refractivity contribution in [3.8, 4) is 0 Å². The molecule has 1 unspecified atom stereocenters. The standard InChI is InChI=1S/C13H18N2O3S/c1-9-3-5-12(10(2)7-9)19(17,18)14-8-11-4-6-13(16)15-11/h3,5,7,11,14H,4,6,8H2,1-2H3,(H,15,16). The average Bonchev–Trinajstić information content (AvgIpc) is 2.72. The molecule has 0 aromatic heterocycles. The van der Waals surface area contributed by atoms with E-state index >= 15 is 0 Å². The van der Waals surface area contributed by atoms with Gasteiger partial charge in [0.1, 0.15) is 0 Å². The van der Waals surface area contributed by atoms with Crippen molar-refractivity contribution in [3.05, 3.63) is 29.3 Å². The van der Waals surface area contributed by atoms with Gasteiger partial charge in [0, 0.05) is 19.0 Å². The molecule has 1 amide bonds. The Kier molecular flexibility index (Phi) is 3.91. The van der Waals surface area contributed by atoms with E-state index in [0.29, 0.717) is 17.7 Å².